The molecule has 0 bridgehead atoms. The third-order valence-corrected chi connectivity index (χ3v) is 6.90. The van der Waals surface area contributed by atoms with Crippen LogP contribution >= 0.6 is 0 Å². The average molecular weight is 555 g/mol. The fourth-order valence-corrected chi connectivity index (χ4v) is 4.66. The van der Waals surface area contributed by atoms with E-state index in [0.29, 0.717) is 54.0 Å². The van der Waals surface area contributed by atoms with Gasteiger partial charge < -0.3 is 18.9 Å². The second-order valence-electron chi connectivity index (χ2n) is 9.97. The maximum atomic E-state index is 13.4. The lowest BCUT2D eigenvalue weighted by atomic mass is 9.98. The molecule has 0 fully saturated rings. The van der Waals surface area contributed by atoms with Crippen molar-refractivity contribution in [3.05, 3.63) is 161 Å². The Morgan fingerprint density at radius 2 is 1.17 bits per heavy atom. The highest BCUT2D eigenvalue weighted by Crippen LogP contribution is 2.34. The molecule has 1 heterocycles. The van der Waals surface area contributed by atoms with Gasteiger partial charge in [-0.15, -0.1) is 0 Å². The number of Topliss-reactive ketones (excluding diaryl/α,β-unsaturated/α-hetero) is 1. The Labute approximate surface area is 245 Å². The van der Waals surface area contributed by atoms with Gasteiger partial charge in [0.1, 0.15) is 37.9 Å². The van der Waals surface area contributed by atoms with Gasteiger partial charge in [-0.05, 0) is 52.6 Å². The van der Waals surface area contributed by atoms with Gasteiger partial charge in [0, 0.05) is 11.6 Å². The van der Waals surface area contributed by atoms with Crippen molar-refractivity contribution in [3.63, 3.8) is 0 Å². The molecule has 0 N–H and O–H groups in total. The van der Waals surface area contributed by atoms with Crippen molar-refractivity contribution in [1.29, 1.82) is 0 Å². The molecule has 0 amide bonds. The zero-order chi connectivity index (χ0) is 28.6. The molecule has 0 unspecified atom stereocenters. The van der Waals surface area contributed by atoms with Crippen LogP contribution in [0.4, 0.5) is 0 Å². The Bertz CT molecular complexity index is 1680. The molecular formula is C37H30O5. The molecule has 1 aliphatic rings. The van der Waals surface area contributed by atoms with Crippen molar-refractivity contribution in [3.8, 4) is 23.0 Å². The topological polar surface area (TPSA) is 54.0 Å². The van der Waals surface area contributed by atoms with Crippen molar-refractivity contribution in [2.45, 2.75) is 19.8 Å². The van der Waals surface area contributed by atoms with Crippen LogP contribution in [0.5, 0.6) is 23.0 Å². The van der Waals surface area contributed by atoms with Crippen LogP contribution < -0.4 is 18.9 Å². The molecule has 42 heavy (non-hydrogen) atoms. The molecule has 0 spiro atoms. The van der Waals surface area contributed by atoms with Gasteiger partial charge in [-0.3, -0.25) is 4.79 Å². The molecule has 0 aliphatic carbocycles. The first-order valence-electron chi connectivity index (χ1n) is 13.9. The minimum atomic E-state index is -0.0676. The van der Waals surface area contributed by atoms with Crippen molar-refractivity contribution in [2.75, 3.05) is 6.61 Å². The van der Waals surface area contributed by atoms with Crippen molar-refractivity contribution < 1.29 is 23.7 Å². The Kier molecular flexibility index (Phi) is 8.28. The number of fused-ring (bicyclic) bond motifs is 1. The van der Waals surface area contributed by atoms with Gasteiger partial charge in [0.15, 0.2) is 17.3 Å². The van der Waals surface area contributed by atoms with Crippen LogP contribution in [0.15, 0.2) is 133 Å². The molecule has 1 aliphatic heterocycles. The van der Waals surface area contributed by atoms with Gasteiger partial charge >= 0.3 is 0 Å². The van der Waals surface area contributed by atoms with Gasteiger partial charge in [0.05, 0.1) is 5.56 Å². The first-order valence-corrected chi connectivity index (χ1v) is 13.9. The van der Waals surface area contributed by atoms with E-state index in [1.165, 1.54) is 0 Å². The van der Waals surface area contributed by atoms with E-state index >= 15 is 0 Å². The van der Waals surface area contributed by atoms with E-state index in [-0.39, 0.29) is 12.4 Å². The lowest BCUT2D eigenvalue weighted by Crippen LogP contribution is -2.19. The van der Waals surface area contributed by atoms with Crippen LogP contribution in [0, 0.1) is 0 Å². The van der Waals surface area contributed by atoms with Gasteiger partial charge in [-0.1, -0.05) is 97.1 Å². The summed E-state index contributed by atoms with van der Waals surface area (Å²) in [5.74, 6) is 2.36. The zero-order valence-electron chi connectivity index (χ0n) is 23.1. The van der Waals surface area contributed by atoms with Gasteiger partial charge in [0.25, 0.3) is 0 Å². The minimum Gasteiger partial charge on any atom is -0.489 e. The summed E-state index contributed by atoms with van der Waals surface area (Å²) >= 11 is 0. The van der Waals surface area contributed by atoms with Gasteiger partial charge in [-0.25, -0.2) is 0 Å². The molecule has 6 rings (SSSR count). The van der Waals surface area contributed by atoms with E-state index in [2.05, 4.69) is 0 Å². The number of hydrogen-bond donors (Lipinski definition) is 0. The van der Waals surface area contributed by atoms with Crippen LogP contribution in [-0.2, 0) is 19.8 Å². The third-order valence-electron chi connectivity index (χ3n) is 6.90. The second kappa shape index (κ2) is 12.9. The van der Waals surface area contributed by atoms with Crippen molar-refractivity contribution in [1.82, 2.24) is 0 Å². The fourth-order valence-electron chi connectivity index (χ4n) is 4.66. The van der Waals surface area contributed by atoms with E-state index in [4.69, 9.17) is 18.9 Å². The van der Waals surface area contributed by atoms with E-state index in [1.54, 1.807) is 18.2 Å². The molecule has 0 aromatic heterocycles. The summed E-state index contributed by atoms with van der Waals surface area (Å²) in [7, 11) is 0. The average Bonchev–Trinajstić information content (AvgIpc) is 3.05. The van der Waals surface area contributed by atoms with Crippen LogP contribution in [0.25, 0.3) is 6.08 Å². The molecule has 5 nitrogen and oxygen atoms in total. The maximum absolute atomic E-state index is 13.4. The Balaban J connectivity index is 1.19. The predicted molar refractivity (Wildman–Crippen MR) is 163 cm³/mol. The summed E-state index contributed by atoms with van der Waals surface area (Å²) in [4.78, 5) is 13.4. The van der Waals surface area contributed by atoms with Gasteiger partial charge in [0.2, 0.25) is 0 Å². The highest BCUT2D eigenvalue weighted by atomic mass is 16.5. The van der Waals surface area contributed by atoms with Crippen molar-refractivity contribution >= 4 is 11.9 Å². The third kappa shape index (κ3) is 6.70. The lowest BCUT2D eigenvalue weighted by molar-refractivity contribution is 0.100. The summed E-state index contributed by atoms with van der Waals surface area (Å²) in [5.41, 5.74) is 5.09. The maximum Gasteiger partial charge on any atom is 0.196 e. The molecule has 208 valence electrons. The molecule has 0 radical (unpaired) electrons. The number of hydrogen-bond acceptors (Lipinski definition) is 5. The molecular weight excluding hydrogens is 524 g/mol. The Morgan fingerprint density at radius 1 is 0.595 bits per heavy atom. The highest BCUT2D eigenvalue weighted by Gasteiger charge is 2.24. The number of carbonyl (C=O) groups excluding carboxylic acids is 1. The molecule has 5 aromatic rings. The molecule has 0 atom stereocenters. The summed E-state index contributed by atoms with van der Waals surface area (Å²) < 4.78 is 24.2. The Morgan fingerprint density at radius 3 is 1.79 bits per heavy atom. The minimum absolute atomic E-state index is 0.0676. The van der Waals surface area contributed by atoms with Crippen molar-refractivity contribution in [2.24, 2.45) is 0 Å². The zero-order valence-corrected chi connectivity index (χ0v) is 23.1. The summed E-state index contributed by atoms with van der Waals surface area (Å²) in [6.45, 7) is 1.43. The lowest BCUT2D eigenvalue weighted by Gasteiger charge is -2.20. The molecule has 5 aromatic carbocycles. The van der Waals surface area contributed by atoms with E-state index in [9.17, 15) is 4.79 Å². The van der Waals surface area contributed by atoms with Gasteiger partial charge in [-0.2, -0.15) is 0 Å². The quantitative estimate of drug-likeness (QED) is 0.163. The smallest absolute Gasteiger partial charge is 0.196 e. The number of ether oxygens (including phenoxy) is 4. The standard InChI is InChI=1S/C37H30O5/c38-37-31(26-42-35-22-32(17-18-33(35)37)39-23-27-10-4-1-5-11-27)20-30-16-19-34(40-24-28-12-6-2-7-13-28)36(21-30)41-25-29-14-8-3-9-15-29/h1-22H,23-26H2/b31-20+. The SMILES string of the molecule is O=C1/C(=C/c2ccc(OCc3ccccc3)c(OCc3ccccc3)c2)COc2cc(OCc3ccccc3)ccc21. The fraction of sp³-hybridized carbons (Fsp3) is 0.108. The molecule has 0 saturated carbocycles. The largest absolute Gasteiger partial charge is 0.489 e. The second-order valence-corrected chi connectivity index (χ2v) is 9.97. The number of ketones is 1. The summed E-state index contributed by atoms with van der Waals surface area (Å²) in [5, 5.41) is 0. The summed E-state index contributed by atoms with van der Waals surface area (Å²) in [6.07, 6.45) is 1.85. The first-order chi connectivity index (χ1) is 20.7. The normalized spacial score (nSPS) is 13.2. The van der Waals surface area contributed by atoms with Crippen LogP contribution in [0.3, 0.4) is 0 Å². The van der Waals surface area contributed by atoms with E-state index < -0.39 is 0 Å². The highest BCUT2D eigenvalue weighted by molar-refractivity contribution is 6.14. The number of carbonyl (C=O) groups is 1. The predicted octanol–water partition coefficient (Wildman–Crippen LogP) is 8.08. The van der Waals surface area contributed by atoms with E-state index in [1.807, 2.05) is 115 Å². The van der Waals surface area contributed by atoms with Crippen LogP contribution in [0.1, 0.15) is 32.6 Å². The molecule has 5 heteroatoms. The van der Waals surface area contributed by atoms with E-state index in [0.717, 1.165) is 22.3 Å². The van der Waals surface area contributed by atoms with Crippen LogP contribution in [-0.4, -0.2) is 12.4 Å². The summed E-state index contributed by atoms with van der Waals surface area (Å²) in [6, 6.07) is 41.0. The molecule has 0 saturated heterocycles. The first kappa shape index (κ1) is 26.9. The number of rotatable bonds is 10. The number of benzene rings is 5. The monoisotopic (exact) mass is 554 g/mol. The van der Waals surface area contributed by atoms with Crippen LogP contribution in [0.2, 0.25) is 0 Å². The Hall–Kier alpha value is -5.29.